The molecule has 0 fully saturated rings. The first-order chi connectivity index (χ1) is 5.69. The Hall–Kier alpha value is -0.830. The van der Waals surface area contributed by atoms with Gasteiger partial charge in [0.2, 0.25) is 0 Å². The van der Waals surface area contributed by atoms with Gasteiger partial charge in [0.1, 0.15) is 0 Å². The van der Waals surface area contributed by atoms with Crippen molar-refractivity contribution in [2.75, 3.05) is 5.73 Å². The van der Waals surface area contributed by atoms with Gasteiger partial charge in [0.25, 0.3) is 0 Å². The van der Waals surface area contributed by atoms with Crippen molar-refractivity contribution in [2.24, 2.45) is 0 Å². The number of halogens is 1. The number of hydrogen-bond acceptors (Lipinski definition) is 2. The number of hydrogen-bond donors (Lipinski definition) is 2. The van der Waals surface area contributed by atoms with E-state index in [0.29, 0.717) is 5.69 Å². The molecule has 12 heavy (non-hydrogen) atoms. The first-order valence-electron chi connectivity index (χ1n) is 3.64. The van der Waals surface area contributed by atoms with E-state index in [4.69, 9.17) is 11.1 Å². The van der Waals surface area contributed by atoms with Crippen LogP contribution in [0.15, 0.2) is 12.1 Å². The van der Waals surface area contributed by atoms with Crippen LogP contribution >= 0.6 is 15.9 Å². The molecule has 1 aromatic rings. The van der Waals surface area contributed by atoms with Crippen LogP contribution in [-0.4, -0.2) is 6.21 Å². The van der Waals surface area contributed by atoms with E-state index >= 15 is 0 Å². The zero-order valence-corrected chi connectivity index (χ0v) is 8.48. The minimum atomic E-state index is 0.703. The Labute approximate surface area is 80.4 Å². The quantitative estimate of drug-likeness (QED) is 0.455. The fourth-order valence-electron chi connectivity index (χ4n) is 1.10. The molecule has 0 unspecified atom stereocenters. The molecule has 0 aromatic heterocycles. The molecule has 0 saturated carbocycles. The minimum absolute atomic E-state index is 0.703. The molecule has 3 N–H and O–H groups in total. The van der Waals surface area contributed by atoms with E-state index in [1.54, 1.807) is 0 Å². The predicted octanol–water partition coefficient (Wildman–Crippen LogP) is 2.47. The minimum Gasteiger partial charge on any atom is -0.398 e. The molecule has 0 bridgehead atoms. The summed E-state index contributed by atoms with van der Waals surface area (Å²) in [5.74, 6) is 0. The van der Waals surface area contributed by atoms with Gasteiger partial charge >= 0.3 is 0 Å². The summed E-state index contributed by atoms with van der Waals surface area (Å²) in [6, 6.07) is 3.95. The standard InChI is InChI=1S/C9H11BrN2/c1-6-2-7(4-10)3-8(5-11)9(6)12/h2-3,5,11H,4,12H2,1H3. The van der Waals surface area contributed by atoms with E-state index < -0.39 is 0 Å². The van der Waals surface area contributed by atoms with Gasteiger partial charge in [0, 0.05) is 22.8 Å². The molecule has 1 aromatic carbocycles. The van der Waals surface area contributed by atoms with Gasteiger partial charge in [-0.2, -0.15) is 0 Å². The van der Waals surface area contributed by atoms with Crippen LogP contribution < -0.4 is 5.73 Å². The summed E-state index contributed by atoms with van der Waals surface area (Å²) in [7, 11) is 0. The van der Waals surface area contributed by atoms with E-state index in [-0.39, 0.29) is 0 Å². The summed E-state index contributed by atoms with van der Waals surface area (Å²) < 4.78 is 0. The fraction of sp³-hybridized carbons (Fsp3) is 0.222. The molecule has 1 rings (SSSR count). The summed E-state index contributed by atoms with van der Waals surface area (Å²) in [6.07, 6.45) is 1.29. The molecular formula is C9H11BrN2. The first-order valence-corrected chi connectivity index (χ1v) is 4.76. The summed E-state index contributed by atoms with van der Waals surface area (Å²) in [6.45, 7) is 1.95. The summed E-state index contributed by atoms with van der Waals surface area (Å²) in [5, 5.41) is 7.93. The van der Waals surface area contributed by atoms with E-state index in [1.165, 1.54) is 6.21 Å². The Balaban J connectivity index is 3.28. The average Bonchev–Trinajstić information content (AvgIpc) is 2.09. The van der Waals surface area contributed by atoms with Crippen LogP contribution in [0.2, 0.25) is 0 Å². The van der Waals surface area contributed by atoms with Crippen molar-refractivity contribution in [3.05, 3.63) is 28.8 Å². The average molecular weight is 227 g/mol. The lowest BCUT2D eigenvalue weighted by molar-refractivity contribution is 1.36. The van der Waals surface area contributed by atoms with Crippen molar-refractivity contribution in [3.8, 4) is 0 Å². The van der Waals surface area contributed by atoms with E-state index in [0.717, 1.165) is 22.0 Å². The highest BCUT2D eigenvalue weighted by molar-refractivity contribution is 9.08. The SMILES string of the molecule is Cc1cc(CBr)cc(C=N)c1N. The highest BCUT2D eigenvalue weighted by Gasteiger charge is 2.01. The Kier molecular flexibility index (Phi) is 2.87. The number of nitrogens with two attached hydrogens (primary N) is 1. The summed E-state index contributed by atoms with van der Waals surface area (Å²) in [4.78, 5) is 0. The van der Waals surface area contributed by atoms with Crippen molar-refractivity contribution < 1.29 is 0 Å². The van der Waals surface area contributed by atoms with Gasteiger partial charge in [-0.15, -0.1) is 0 Å². The van der Waals surface area contributed by atoms with Gasteiger partial charge in [0.15, 0.2) is 0 Å². The second-order valence-electron chi connectivity index (χ2n) is 2.69. The third kappa shape index (κ3) is 1.67. The van der Waals surface area contributed by atoms with Crippen molar-refractivity contribution in [1.29, 1.82) is 5.41 Å². The molecule has 2 nitrogen and oxygen atoms in total. The van der Waals surface area contributed by atoms with Crippen LogP contribution in [0.3, 0.4) is 0 Å². The number of rotatable bonds is 2. The van der Waals surface area contributed by atoms with Crippen molar-refractivity contribution >= 4 is 27.8 Å². The molecule has 0 aliphatic carbocycles. The Bertz CT molecular complexity index is 308. The molecule has 0 aliphatic rings. The second kappa shape index (κ2) is 3.72. The van der Waals surface area contributed by atoms with Crippen molar-refractivity contribution in [2.45, 2.75) is 12.3 Å². The number of benzene rings is 1. The van der Waals surface area contributed by atoms with Crippen molar-refractivity contribution in [3.63, 3.8) is 0 Å². The van der Waals surface area contributed by atoms with Gasteiger partial charge in [-0.05, 0) is 24.1 Å². The van der Waals surface area contributed by atoms with Gasteiger partial charge in [-0.1, -0.05) is 22.0 Å². The molecule has 0 heterocycles. The molecule has 0 saturated heterocycles. The highest BCUT2D eigenvalue weighted by atomic mass is 79.9. The number of aryl methyl sites for hydroxylation is 1. The second-order valence-corrected chi connectivity index (χ2v) is 3.25. The number of alkyl halides is 1. The summed E-state index contributed by atoms with van der Waals surface area (Å²) >= 11 is 3.36. The number of anilines is 1. The van der Waals surface area contributed by atoms with E-state index in [1.807, 2.05) is 19.1 Å². The zero-order chi connectivity index (χ0) is 9.14. The number of nitrogens with one attached hydrogen (secondary N) is 1. The molecule has 64 valence electrons. The van der Waals surface area contributed by atoms with Gasteiger partial charge in [0.05, 0.1) is 0 Å². The van der Waals surface area contributed by atoms with Crippen LogP contribution in [0.1, 0.15) is 16.7 Å². The largest absolute Gasteiger partial charge is 0.398 e. The molecule has 0 radical (unpaired) electrons. The van der Waals surface area contributed by atoms with Crippen LogP contribution in [0.25, 0.3) is 0 Å². The van der Waals surface area contributed by atoms with Gasteiger partial charge in [-0.3, -0.25) is 0 Å². The van der Waals surface area contributed by atoms with Gasteiger partial charge < -0.3 is 11.1 Å². The topological polar surface area (TPSA) is 49.9 Å². The monoisotopic (exact) mass is 226 g/mol. The van der Waals surface area contributed by atoms with Crippen molar-refractivity contribution in [1.82, 2.24) is 0 Å². The zero-order valence-electron chi connectivity index (χ0n) is 6.89. The highest BCUT2D eigenvalue weighted by Crippen LogP contribution is 2.19. The maximum Gasteiger partial charge on any atom is 0.0432 e. The maximum absolute atomic E-state index is 7.13. The maximum atomic E-state index is 7.13. The molecule has 0 atom stereocenters. The smallest absolute Gasteiger partial charge is 0.0432 e. The van der Waals surface area contributed by atoms with Crippen LogP contribution in [0, 0.1) is 12.3 Å². The molecule has 3 heteroatoms. The third-order valence-corrected chi connectivity index (χ3v) is 2.44. The predicted molar refractivity (Wildman–Crippen MR) is 56.1 cm³/mol. The first kappa shape index (κ1) is 9.26. The van der Waals surface area contributed by atoms with Crippen LogP contribution in [0.5, 0.6) is 0 Å². The lowest BCUT2D eigenvalue weighted by Gasteiger charge is -2.06. The van der Waals surface area contributed by atoms with Crippen LogP contribution in [0.4, 0.5) is 5.69 Å². The molecule has 0 spiro atoms. The molecule has 0 amide bonds. The Morgan fingerprint density at radius 2 is 2.25 bits per heavy atom. The summed E-state index contributed by atoms with van der Waals surface area (Å²) in [5.41, 5.74) is 9.44. The lowest BCUT2D eigenvalue weighted by Crippen LogP contribution is -1.97. The fourth-order valence-corrected chi connectivity index (χ4v) is 1.42. The number of nitrogen functional groups attached to an aromatic ring is 1. The van der Waals surface area contributed by atoms with E-state index in [2.05, 4.69) is 15.9 Å². The van der Waals surface area contributed by atoms with Gasteiger partial charge in [-0.25, -0.2) is 0 Å². The van der Waals surface area contributed by atoms with E-state index in [9.17, 15) is 0 Å². The Morgan fingerprint density at radius 3 is 2.75 bits per heavy atom. The lowest BCUT2D eigenvalue weighted by atomic mass is 10.1. The molecule has 0 aliphatic heterocycles. The Morgan fingerprint density at radius 1 is 1.58 bits per heavy atom. The molecular weight excluding hydrogens is 216 g/mol. The van der Waals surface area contributed by atoms with Crippen LogP contribution in [-0.2, 0) is 5.33 Å². The third-order valence-electron chi connectivity index (χ3n) is 1.79. The normalized spacial score (nSPS) is 9.83.